The predicted octanol–water partition coefficient (Wildman–Crippen LogP) is 11.8. The van der Waals surface area contributed by atoms with Crippen LogP contribution in [0.1, 0.15) is 180 Å². The van der Waals surface area contributed by atoms with E-state index in [0.717, 1.165) is 37.4 Å². The third-order valence-electron chi connectivity index (χ3n) is 7.24. The highest BCUT2D eigenvalue weighted by atomic mass is 79.9. The molecule has 0 atom stereocenters. The molecule has 0 heterocycles. The second-order valence-electron chi connectivity index (χ2n) is 11.1. The maximum Gasteiger partial charge on any atom is 0.303 e. The van der Waals surface area contributed by atoms with Crippen LogP contribution in [0.5, 0.6) is 0 Å². The van der Waals surface area contributed by atoms with Gasteiger partial charge in [-0.3, -0.25) is 9.59 Å². The van der Waals surface area contributed by atoms with Gasteiger partial charge in [-0.25, -0.2) is 0 Å². The highest BCUT2D eigenvalue weighted by molar-refractivity contribution is 9.09. The van der Waals surface area contributed by atoms with E-state index in [2.05, 4.69) is 26.0 Å². The normalized spacial score (nSPS) is 10.5. The number of carbonyl (C=O) groups is 2. The largest absolute Gasteiger partial charge is 0.481 e. The molecule has 7 nitrogen and oxygen atoms in total. The molecule has 0 rings (SSSR count). The van der Waals surface area contributed by atoms with E-state index in [1.54, 1.807) is 0 Å². The average Bonchev–Trinajstić information content (AvgIpc) is 2.93. The molecule has 0 aromatic carbocycles. The smallest absolute Gasteiger partial charge is 0.303 e. The molecule has 0 unspecified atom stereocenters. The zero-order valence-corrected chi connectivity index (χ0v) is 27.2. The van der Waals surface area contributed by atoms with Crippen molar-refractivity contribution in [2.45, 2.75) is 180 Å². The molecule has 0 saturated carbocycles. The molecule has 0 bridgehead atoms. The summed E-state index contributed by atoms with van der Waals surface area (Å²) in [4.78, 5) is 23.4. The number of carboxylic acid groups (broad SMARTS) is 2. The number of rotatable bonds is 31. The predicted molar refractivity (Wildman–Crippen MR) is 172 cm³/mol. The number of hydrogen-bond acceptors (Lipinski definition) is 3. The Balaban J connectivity index is 0. The molecule has 236 valence electrons. The van der Waals surface area contributed by atoms with Gasteiger partial charge in [0, 0.05) is 29.6 Å². The van der Waals surface area contributed by atoms with Gasteiger partial charge in [0.2, 0.25) is 0 Å². The Morgan fingerprint density at radius 1 is 0.475 bits per heavy atom. The van der Waals surface area contributed by atoms with E-state index in [4.69, 9.17) is 15.7 Å². The Kier molecular flexibility index (Phi) is 38.5. The molecule has 0 aliphatic rings. The van der Waals surface area contributed by atoms with Crippen LogP contribution in [-0.2, 0) is 9.59 Å². The van der Waals surface area contributed by atoms with Crippen molar-refractivity contribution in [2.24, 2.45) is 5.11 Å². The van der Waals surface area contributed by atoms with Crippen molar-refractivity contribution in [3.8, 4) is 0 Å². The molecule has 2 N–H and O–H groups in total. The lowest BCUT2D eigenvalue weighted by Gasteiger charge is -2.02. The Labute approximate surface area is 254 Å². The first kappa shape index (κ1) is 40.9. The van der Waals surface area contributed by atoms with Crippen LogP contribution in [-0.4, -0.2) is 34.0 Å². The second kappa shape index (κ2) is 37.7. The monoisotopic (exact) mass is 631 g/mol. The Morgan fingerprint density at radius 3 is 0.975 bits per heavy atom. The minimum atomic E-state index is -0.673. The van der Waals surface area contributed by atoms with Crippen LogP contribution in [0.2, 0.25) is 0 Å². The fourth-order valence-electron chi connectivity index (χ4n) is 4.76. The third-order valence-corrected chi connectivity index (χ3v) is 7.80. The van der Waals surface area contributed by atoms with Crippen LogP contribution in [0.3, 0.4) is 0 Å². The fraction of sp³-hybridized carbons (Fsp3) is 0.938. The summed E-state index contributed by atoms with van der Waals surface area (Å²) in [5.41, 5.74) is 8.13. The van der Waals surface area contributed by atoms with Crippen molar-refractivity contribution < 1.29 is 19.8 Å². The van der Waals surface area contributed by atoms with Crippen LogP contribution < -0.4 is 0 Å². The summed E-state index contributed by atoms with van der Waals surface area (Å²) in [5.74, 6) is -1.33. The Morgan fingerprint density at radius 2 is 0.725 bits per heavy atom. The number of alkyl halides is 1. The average molecular weight is 633 g/mol. The molecule has 0 radical (unpaired) electrons. The lowest BCUT2D eigenvalue weighted by molar-refractivity contribution is -0.138. The fourth-order valence-corrected chi connectivity index (χ4v) is 5.16. The van der Waals surface area contributed by atoms with Crippen LogP contribution >= 0.6 is 15.9 Å². The quantitative estimate of drug-likeness (QED) is 0.0259. The first-order chi connectivity index (χ1) is 19.5. The molecule has 0 aliphatic heterocycles. The molecule has 0 aromatic rings. The minimum absolute atomic E-state index is 0.322. The van der Waals surface area contributed by atoms with Gasteiger partial charge in [-0.2, -0.15) is 0 Å². The SMILES string of the molecule is O=C(O)CCCCCCCCCCCCCCCBr.[N-]=[N+]=NCCCCCCCCCCCCCCCC(=O)O. The zero-order valence-electron chi connectivity index (χ0n) is 25.6. The van der Waals surface area contributed by atoms with E-state index >= 15 is 0 Å². The second-order valence-corrected chi connectivity index (χ2v) is 11.9. The van der Waals surface area contributed by atoms with E-state index in [9.17, 15) is 9.59 Å². The molecule has 0 aliphatic carbocycles. The summed E-state index contributed by atoms with van der Waals surface area (Å²) < 4.78 is 0. The highest BCUT2D eigenvalue weighted by Crippen LogP contribution is 2.14. The van der Waals surface area contributed by atoms with E-state index < -0.39 is 11.9 Å². The number of halogens is 1. The maximum absolute atomic E-state index is 10.3. The lowest BCUT2D eigenvalue weighted by atomic mass is 10.0. The summed E-state index contributed by atoms with van der Waals surface area (Å²) in [6, 6.07) is 0. The first-order valence-electron chi connectivity index (χ1n) is 16.5. The van der Waals surface area contributed by atoms with E-state index in [1.165, 1.54) is 135 Å². The van der Waals surface area contributed by atoms with Crippen molar-refractivity contribution >= 4 is 27.9 Å². The van der Waals surface area contributed by atoms with Gasteiger partial charge in [-0.1, -0.05) is 162 Å². The number of carboxylic acids is 2. The summed E-state index contributed by atoms with van der Waals surface area (Å²) >= 11 is 3.46. The molecule has 0 amide bonds. The lowest BCUT2D eigenvalue weighted by Crippen LogP contribution is -1.93. The third kappa shape index (κ3) is 43.8. The number of azide groups is 1. The molecule has 0 spiro atoms. The van der Waals surface area contributed by atoms with Gasteiger partial charge >= 0.3 is 11.9 Å². The van der Waals surface area contributed by atoms with Crippen molar-refractivity contribution in [3.63, 3.8) is 0 Å². The topological polar surface area (TPSA) is 123 Å². The standard InChI is InChI=1S/C16H31BrO2.C16H31N3O2/c17-15-13-11-9-7-5-3-1-2-4-6-8-10-12-14-16(18)19;17-19-18-15-13-11-9-7-5-3-1-2-4-6-8-10-12-14-16(20)21/h1-15H2,(H,18,19);1-15H2,(H,20,21). The van der Waals surface area contributed by atoms with Crippen molar-refractivity contribution in [3.05, 3.63) is 10.4 Å². The van der Waals surface area contributed by atoms with Gasteiger partial charge < -0.3 is 10.2 Å². The van der Waals surface area contributed by atoms with Gasteiger partial charge in [0.15, 0.2) is 0 Å². The van der Waals surface area contributed by atoms with Gasteiger partial charge in [0.25, 0.3) is 0 Å². The molecule has 0 saturated heterocycles. The molecular weight excluding hydrogens is 570 g/mol. The maximum atomic E-state index is 10.3. The number of hydrogen-bond donors (Lipinski definition) is 2. The van der Waals surface area contributed by atoms with Gasteiger partial charge in [-0.15, -0.1) is 0 Å². The van der Waals surface area contributed by atoms with E-state index in [0.29, 0.717) is 19.4 Å². The molecule has 0 fully saturated rings. The number of nitrogens with zero attached hydrogens (tertiary/aromatic N) is 3. The Hall–Kier alpha value is -1.27. The molecule has 0 aromatic heterocycles. The molecule has 40 heavy (non-hydrogen) atoms. The zero-order chi connectivity index (χ0) is 29.8. The first-order valence-corrected chi connectivity index (χ1v) is 17.7. The van der Waals surface area contributed by atoms with Crippen LogP contribution in [0, 0.1) is 0 Å². The van der Waals surface area contributed by atoms with E-state index in [-0.39, 0.29) is 0 Å². The van der Waals surface area contributed by atoms with Gasteiger partial charge in [-0.05, 0) is 31.2 Å². The van der Waals surface area contributed by atoms with Crippen LogP contribution in [0.4, 0.5) is 0 Å². The summed E-state index contributed by atoms with van der Waals surface area (Å²) in [6.07, 6.45) is 33.1. The minimum Gasteiger partial charge on any atom is -0.481 e. The molecule has 8 heteroatoms. The van der Waals surface area contributed by atoms with Gasteiger partial charge in [0.1, 0.15) is 0 Å². The Bertz CT molecular complexity index is 573. The summed E-state index contributed by atoms with van der Waals surface area (Å²) in [6.45, 7) is 0.642. The van der Waals surface area contributed by atoms with E-state index in [1.807, 2.05) is 0 Å². The summed E-state index contributed by atoms with van der Waals surface area (Å²) in [5, 5.41) is 21.7. The number of unbranched alkanes of at least 4 members (excludes halogenated alkanes) is 24. The van der Waals surface area contributed by atoms with Crippen LogP contribution in [0.25, 0.3) is 10.4 Å². The van der Waals surface area contributed by atoms with Crippen molar-refractivity contribution in [2.75, 3.05) is 11.9 Å². The highest BCUT2D eigenvalue weighted by Gasteiger charge is 1.98. The number of aliphatic carboxylic acids is 2. The van der Waals surface area contributed by atoms with Gasteiger partial charge in [0.05, 0.1) is 0 Å². The van der Waals surface area contributed by atoms with Crippen molar-refractivity contribution in [1.82, 2.24) is 0 Å². The van der Waals surface area contributed by atoms with Crippen LogP contribution in [0.15, 0.2) is 5.11 Å². The molecular formula is C32H62BrN3O4. The summed E-state index contributed by atoms with van der Waals surface area (Å²) in [7, 11) is 0. The van der Waals surface area contributed by atoms with Crippen molar-refractivity contribution in [1.29, 1.82) is 0 Å².